The second-order valence-corrected chi connectivity index (χ2v) is 10.4. The summed E-state index contributed by atoms with van der Waals surface area (Å²) in [6.07, 6.45) is -0.902. The number of hydrogen-bond donors (Lipinski definition) is 1. The number of rotatable bonds is 6. The minimum absolute atomic E-state index is 0.00829. The Morgan fingerprint density at radius 1 is 0.976 bits per heavy atom. The first kappa shape index (κ1) is 28.4. The quantitative estimate of drug-likeness (QED) is 0.391. The highest BCUT2D eigenvalue weighted by Crippen LogP contribution is 2.59. The highest BCUT2D eigenvalue weighted by molar-refractivity contribution is 5.91. The molecule has 1 aliphatic heterocycles. The Labute approximate surface area is 237 Å². The molecule has 0 saturated carbocycles. The standard InChI is InChI=1S/C31H33FO9/c1-15-8-9-17(11-20(15)32)30(33)41-29-19-13-21(35-4)25(36-5)28(38-7)24(19)23-18(10-16(2)31(29,3)34)12-22-26(27(23)37-6)40-14-39-22/h8-9,11-13,16,29,34H,10,14H2,1-7H3/t16-,29-,31-/m0/s1. The van der Waals surface area contributed by atoms with Crippen LogP contribution in [0, 0.1) is 18.7 Å². The van der Waals surface area contributed by atoms with Gasteiger partial charge in [0.1, 0.15) is 11.4 Å². The van der Waals surface area contributed by atoms with Crippen molar-refractivity contribution in [3.63, 3.8) is 0 Å². The van der Waals surface area contributed by atoms with E-state index in [2.05, 4.69) is 0 Å². The molecule has 0 amide bonds. The molecule has 1 N–H and O–H groups in total. The lowest BCUT2D eigenvalue weighted by molar-refractivity contribution is -0.107. The average Bonchev–Trinajstić information content (AvgIpc) is 3.43. The normalized spacial score (nSPS) is 20.7. The minimum Gasteiger partial charge on any atom is -0.493 e. The second kappa shape index (κ2) is 10.7. The lowest BCUT2D eigenvalue weighted by Crippen LogP contribution is -2.43. The van der Waals surface area contributed by atoms with Gasteiger partial charge in [-0.1, -0.05) is 13.0 Å². The van der Waals surface area contributed by atoms with E-state index in [4.69, 9.17) is 33.2 Å². The molecule has 0 unspecified atom stereocenters. The lowest BCUT2D eigenvalue weighted by atomic mass is 9.73. The molecule has 1 heterocycles. The molecule has 0 bridgehead atoms. The van der Waals surface area contributed by atoms with Crippen molar-refractivity contribution >= 4 is 5.97 Å². The zero-order chi connectivity index (χ0) is 29.6. The maximum Gasteiger partial charge on any atom is 0.338 e. The number of carbonyl (C=O) groups is 1. The zero-order valence-corrected chi connectivity index (χ0v) is 24.0. The molecule has 0 spiro atoms. The van der Waals surface area contributed by atoms with Crippen molar-refractivity contribution in [2.45, 2.75) is 38.9 Å². The number of fused-ring (bicyclic) bond motifs is 4. The summed E-state index contributed by atoms with van der Waals surface area (Å²) in [6, 6.07) is 7.60. The molecule has 0 fully saturated rings. The predicted octanol–water partition coefficient (Wildman–Crippen LogP) is 5.41. The van der Waals surface area contributed by atoms with Crippen LogP contribution in [0.3, 0.4) is 0 Å². The van der Waals surface area contributed by atoms with Crippen LogP contribution in [0.5, 0.6) is 34.5 Å². The van der Waals surface area contributed by atoms with Gasteiger partial charge in [-0.3, -0.25) is 0 Å². The van der Waals surface area contributed by atoms with E-state index >= 15 is 0 Å². The zero-order valence-electron chi connectivity index (χ0n) is 24.0. The van der Waals surface area contributed by atoms with Crippen LogP contribution in [0.1, 0.15) is 47.0 Å². The lowest BCUT2D eigenvalue weighted by Gasteiger charge is -2.41. The fourth-order valence-corrected chi connectivity index (χ4v) is 5.52. The van der Waals surface area contributed by atoms with Crippen molar-refractivity contribution in [1.82, 2.24) is 0 Å². The van der Waals surface area contributed by atoms with Gasteiger partial charge in [-0.25, -0.2) is 9.18 Å². The fourth-order valence-electron chi connectivity index (χ4n) is 5.52. The Kier molecular flexibility index (Phi) is 7.37. The SMILES string of the molecule is COc1cc2c(c(OC)c1OC)-c1c(cc3c(c1OC)OCO3)C[C@H](C)[C@](C)(O)[C@H]2OC(=O)c1ccc(C)c(F)c1. The number of esters is 1. The first-order valence-corrected chi connectivity index (χ1v) is 13.1. The highest BCUT2D eigenvalue weighted by atomic mass is 19.1. The van der Waals surface area contributed by atoms with Gasteiger partial charge in [0.05, 0.1) is 34.0 Å². The third-order valence-electron chi connectivity index (χ3n) is 7.99. The van der Waals surface area contributed by atoms with E-state index in [9.17, 15) is 14.3 Å². The maximum absolute atomic E-state index is 14.4. The van der Waals surface area contributed by atoms with Crippen LogP contribution in [0.25, 0.3) is 11.1 Å². The number of benzene rings is 3. The minimum atomic E-state index is -1.61. The monoisotopic (exact) mass is 568 g/mol. The van der Waals surface area contributed by atoms with Gasteiger partial charge in [-0.15, -0.1) is 0 Å². The number of carbonyl (C=O) groups excluding carboxylic acids is 1. The van der Waals surface area contributed by atoms with Gasteiger partial charge >= 0.3 is 5.97 Å². The molecule has 5 rings (SSSR count). The number of aliphatic hydroxyl groups is 1. The van der Waals surface area contributed by atoms with Gasteiger partial charge in [0.15, 0.2) is 29.1 Å². The predicted molar refractivity (Wildman–Crippen MR) is 147 cm³/mol. The molecule has 0 aromatic heterocycles. The molecule has 3 aromatic rings. The van der Waals surface area contributed by atoms with Gasteiger partial charge < -0.3 is 38.3 Å². The number of methoxy groups -OCH3 is 4. The number of ether oxygens (including phenoxy) is 7. The van der Waals surface area contributed by atoms with Crippen molar-refractivity contribution in [2.24, 2.45) is 5.92 Å². The van der Waals surface area contributed by atoms with Crippen molar-refractivity contribution < 1.29 is 47.4 Å². The van der Waals surface area contributed by atoms with Crippen LogP contribution < -0.4 is 28.4 Å². The van der Waals surface area contributed by atoms with Crippen LogP contribution >= 0.6 is 0 Å². The van der Waals surface area contributed by atoms with Crippen LogP contribution in [0.4, 0.5) is 4.39 Å². The molecule has 0 saturated heterocycles. The van der Waals surface area contributed by atoms with E-state index in [0.717, 1.165) is 11.6 Å². The smallest absolute Gasteiger partial charge is 0.338 e. The van der Waals surface area contributed by atoms with Gasteiger partial charge in [0.2, 0.25) is 18.3 Å². The van der Waals surface area contributed by atoms with Crippen molar-refractivity contribution in [3.8, 4) is 45.6 Å². The van der Waals surface area contributed by atoms with Gasteiger partial charge in [-0.2, -0.15) is 0 Å². The molecule has 1 aliphatic carbocycles. The highest BCUT2D eigenvalue weighted by Gasteiger charge is 2.47. The van der Waals surface area contributed by atoms with Crippen LogP contribution in [-0.4, -0.2) is 51.9 Å². The van der Waals surface area contributed by atoms with Crippen molar-refractivity contribution in [2.75, 3.05) is 35.2 Å². The molecule has 41 heavy (non-hydrogen) atoms. The Balaban J connectivity index is 1.84. The molecule has 2 aliphatic rings. The van der Waals surface area contributed by atoms with Crippen LogP contribution in [0.15, 0.2) is 30.3 Å². The Bertz CT molecular complexity index is 1510. The van der Waals surface area contributed by atoms with E-state index < -0.39 is 29.4 Å². The van der Waals surface area contributed by atoms with E-state index in [1.54, 1.807) is 19.9 Å². The summed E-state index contributed by atoms with van der Waals surface area (Å²) in [6.45, 7) is 5.08. The Morgan fingerprint density at radius 3 is 2.32 bits per heavy atom. The Hall–Kier alpha value is -4.18. The third-order valence-corrected chi connectivity index (χ3v) is 7.99. The molecule has 9 nitrogen and oxygen atoms in total. The summed E-state index contributed by atoms with van der Waals surface area (Å²) in [7, 11) is 5.95. The molecule has 0 radical (unpaired) electrons. The fraction of sp³-hybridized carbons (Fsp3) is 0.387. The van der Waals surface area contributed by atoms with Crippen LogP contribution in [-0.2, 0) is 11.2 Å². The van der Waals surface area contributed by atoms with E-state index in [-0.39, 0.29) is 23.9 Å². The van der Waals surface area contributed by atoms with E-state index in [1.165, 1.54) is 40.6 Å². The first-order valence-electron chi connectivity index (χ1n) is 13.1. The summed E-state index contributed by atoms with van der Waals surface area (Å²) in [5, 5.41) is 12.1. The Morgan fingerprint density at radius 2 is 1.68 bits per heavy atom. The summed E-state index contributed by atoms with van der Waals surface area (Å²) in [5.74, 6) is 0.366. The summed E-state index contributed by atoms with van der Waals surface area (Å²) in [5.41, 5.74) is 1.01. The van der Waals surface area contributed by atoms with E-state index in [1.807, 2.05) is 13.0 Å². The molecule has 3 aromatic carbocycles. The number of hydrogen-bond acceptors (Lipinski definition) is 9. The third kappa shape index (κ3) is 4.56. The average molecular weight is 569 g/mol. The van der Waals surface area contributed by atoms with Crippen molar-refractivity contribution in [3.05, 3.63) is 58.4 Å². The maximum atomic E-state index is 14.4. The molecule has 10 heteroatoms. The summed E-state index contributed by atoms with van der Waals surface area (Å²) in [4.78, 5) is 13.5. The number of aryl methyl sites for hydroxylation is 1. The molecule has 218 valence electrons. The van der Waals surface area contributed by atoms with Gasteiger partial charge in [0.25, 0.3) is 0 Å². The molecular formula is C31H33FO9. The van der Waals surface area contributed by atoms with Gasteiger partial charge in [-0.05, 0) is 61.6 Å². The first-order chi connectivity index (χ1) is 19.6. The van der Waals surface area contributed by atoms with Crippen LogP contribution in [0.2, 0.25) is 0 Å². The second-order valence-electron chi connectivity index (χ2n) is 10.4. The number of halogens is 1. The summed E-state index contributed by atoms with van der Waals surface area (Å²) >= 11 is 0. The van der Waals surface area contributed by atoms with E-state index in [0.29, 0.717) is 51.7 Å². The summed E-state index contributed by atoms with van der Waals surface area (Å²) < 4.78 is 55.1. The molecular weight excluding hydrogens is 535 g/mol. The molecule has 3 atom stereocenters. The van der Waals surface area contributed by atoms with Gasteiger partial charge in [0, 0.05) is 16.7 Å². The largest absolute Gasteiger partial charge is 0.493 e. The topological polar surface area (TPSA) is 102 Å². The van der Waals surface area contributed by atoms with Crippen molar-refractivity contribution in [1.29, 1.82) is 0 Å².